The van der Waals surface area contributed by atoms with Gasteiger partial charge in [-0.3, -0.25) is 9.59 Å². The van der Waals surface area contributed by atoms with Crippen molar-refractivity contribution in [1.29, 1.82) is 0 Å². The lowest BCUT2D eigenvalue weighted by Crippen LogP contribution is -2.42. The number of morpholine rings is 1. The van der Waals surface area contributed by atoms with Crippen LogP contribution in [0.5, 0.6) is 0 Å². The van der Waals surface area contributed by atoms with Crippen molar-refractivity contribution in [3.05, 3.63) is 35.9 Å². The van der Waals surface area contributed by atoms with E-state index in [-0.39, 0.29) is 18.4 Å². The molecule has 1 unspecified atom stereocenters. The zero-order chi connectivity index (χ0) is 15.1. The van der Waals surface area contributed by atoms with Crippen molar-refractivity contribution in [2.45, 2.75) is 31.8 Å². The molecule has 1 saturated heterocycles. The third-order valence-corrected chi connectivity index (χ3v) is 3.62. The van der Waals surface area contributed by atoms with Crippen molar-refractivity contribution in [1.82, 2.24) is 4.90 Å². The fourth-order valence-corrected chi connectivity index (χ4v) is 2.46. The molecule has 1 fully saturated rings. The average Bonchev–Trinajstić information content (AvgIpc) is 2.52. The van der Waals surface area contributed by atoms with E-state index in [4.69, 9.17) is 9.84 Å². The second kappa shape index (κ2) is 7.78. The Hall–Kier alpha value is -1.88. The van der Waals surface area contributed by atoms with Crippen molar-refractivity contribution in [2.75, 3.05) is 19.7 Å². The van der Waals surface area contributed by atoms with E-state index in [0.717, 1.165) is 5.56 Å². The van der Waals surface area contributed by atoms with Crippen LogP contribution in [0.4, 0.5) is 0 Å². The molecule has 0 radical (unpaired) electrons. The highest BCUT2D eigenvalue weighted by Crippen LogP contribution is 2.22. The van der Waals surface area contributed by atoms with Crippen LogP contribution in [-0.2, 0) is 14.3 Å². The molecule has 1 aliphatic heterocycles. The second-order valence-electron chi connectivity index (χ2n) is 5.21. The summed E-state index contributed by atoms with van der Waals surface area (Å²) in [5, 5.41) is 8.58. The van der Waals surface area contributed by atoms with Crippen LogP contribution in [0.1, 0.15) is 37.4 Å². The molecule has 0 saturated carbocycles. The van der Waals surface area contributed by atoms with Gasteiger partial charge in [0.25, 0.3) is 0 Å². The molecule has 114 valence electrons. The highest BCUT2D eigenvalue weighted by molar-refractivity contribution is 5.76. The summed E-state index contributed by atoms with van der Waals surface area (Å²) >= 11 is 0. The molecule has 0 spiro atoms. The molecule has 1 heterocycles. The minimum absolute atomic E-state index is 0.0667. The van der Waals surface area contributed by atoms with Crippen LogP contribution in [0.2, 0.25) is 0 Å². The van der Waals surface area contributed by atoms with E-state index in [1.54, 1.807) is 0 Å². The zero-order valence-corrected chi connectivity index (χ0v) is 12.0. The molecule has 1 aromatic rings. The summed E-state index contributed by atoms with van der Waals surface area (Å²) < 4.78 is 5.73. The summed E-state index contributed by atoms with van der Waals surface area (Å²) in [6, 6.07) is 9.89. The number of carbonyl (C=O) groups is 2. The number of ether oxygens (including phenoxy) is 1. The van der Waals surface area contributed by atoms with E-state index in [1.165, 1.54) is 0 Å². The third-order valence-electron chi connectivity index (χ3n) is 3.62. The molecule has 1 aromatic carbocycles. The normalized spacial score (nSPS) is 18.5. The third kappa shape index (κ3) is 4.86. The maximum atomic E-state index is 12.1. The lowest BCUT2D eigenvalue weighted by Gasteiger charge is -2.33. The predicted molar refractivity (Wildman–Crippen MR) is 77.8 cm³/mol. The quantitative estimate of drug-likeness (QED) is 0.816. The molecule has 5 heteroatoms. The molecule has 1 N–H and O–H groups in total. The number of benzene rings is 1. The van der Waals surface area contributed by atoms with Crippen LogP contribution in [-0.4, -0.2) is 41.6 Å². The van der Waals surface area contributed by atoms with E-state index in [1.807, 2.05) is 35.2 Å². The summed E-state index contributed by atoms with van der Waals surface area (Å²) in [6.45, 7) is 1.73. The number of amides is 1. The summed E-state index contributed by atoms with van der Waals surface area (Å²) in [5.41, 5.74) is 1.08. The highest BCUT2D eigenvalue weighted by atomic mass is 16.5. The van der Waals surface area contributed by atoms with Gasteiger partial charge in [0.15, 0.2) is 0 Å². The van der Waals surface area contributed by atoms with Gasteiger partial charge in [-0.25, -0.2) is 0 Å². The molecule has 0 aliphatic carbocycles. The van der Waals surface area contributed by atoms with Gasteiger partial charge in [0.2, 0.25) is 5.91 Å². The number of aliphatic carboxylic acids is 1. The molecule has 21 heavy (non-hydrogen) atoms. The minimum Gasteiger partial charge on any atom is -0.481 e. The number of nitrogens with zero attached hydrogens (tertiary/aromatic N) is 1. The summed E-state index contributed by atoms with van der Waals surface area (Å²) in [5.74, 6) is -0.720. The van der Waals surface area contributed by atoms with Gasteiger partial charge in [0, 0.05) is 19.4 Å². The minimum atomic E-state index is -0.807. The second-order valence-corrected chi connectivity index (χ2v) is 5.21. The lowest BCUT2D eigenvalue weighted by atomic mass is 10.1. The van der Waals surface area contributed by atoms with E-state index in [2.05, 4.69) is 0 Å². The van der Waals surface area contributed by atoms with Gasteiger partial charge in [0.05, 0.1) is 13.2 Å². The molecule has 1 aliphatic rings. The Morgan fingerprint density at radius 3 is 2.62 bits per heavy atom. The first-order chi connectivity index (χ1) is 10.2. The van der Waals surface area contributed by atoms with E-state index < -0.39 is 5.97 Å². The highest BCUT2D eigenvalue weighted by Gasteiger charge is 2.24. The predicted octanol–water partition coefficient (Wildman–Crippen LogP) is 2.23. The van der Waals surface area contributed by atoms with Crippen molar-refractivity contribution in [3.63, 3.8) is 0 Å². The van der Waals surface area contributed by atoms with Gasteiger partial charge in [0.1, 0.15) is 6.10 Å². The van der Waals surface area contributed by atoms with Gasteiger partial charge >= 0.3 is 5.97 Å². The van der Waals surface area contributed by atoms with Gasteiger partial charge in [-0.15, -0.1) is 0 Å². The number of carboxylic acid groups (broad SMARTS) is 1. The first-order valence-corrected chi connectivity index (χ1v) is 7.33. The Kier molecular flexibility index (Phi) is 5.75. The smallest absolute Gasteiger partial charge is 0.303 e. The fourth-order valence-electron chi connectivity index (χ4n) is 2.46. The maximum Gasteiger partial charge on any atom is 0.303 e. The zero-order valence-electron chi connectivity index (χ0n) is 12.0. The fraction of sp³-hybridized carbons (Fsp3) is 0.500. The van der Waals surface area contributed by atoms with Gasteiger partial charge < -0.3 is 14.7 Å². The first kappa shape index (κ1) is 15.5. The van der Waals surface area contributed by atoms with Crippen molar-refractivity contribution in [2.24, 2.45) is 0 Å². The summed E-state index contributed by atoms with van der Waals surface area (Å²) in [7, 11) is 0. The number of hydrogen-bond acceptors (Lipinski definition) is 3. The van der Waals surface area contributed by atoms with Crippen LogP contribution in [0, 0.1) is 0 Å². The molecule has 0 bridgehead atoms. The topological polar surface area (TPSA) is 66.8 Å². The van der Waals surface area contributed by atoms with Gasteiger partial charge in [-0.1, -0.05) is 30.3 Å². The number of carboxylic acids is 1. The Morgan fingerprint density at radius 1 is 1.19 bits per heavy atom. The Labute approximate surface area is 124 Å². The van der Waals surface area contributed by atoms with Crippen molar-refractivity contribution >= 4 is 11.9 Å². The summed E-state index contributed by atoms with van der Waals surface area (Å²) in [6.07, 6.45) is 1.65. The number of rotatable bonds is 6. The van der Waals surface area contributed by atoms with E-state index >= 15 is 0 Å². The van der Waals surface area contributed by atoms with Crippen molar-refractivity contribution < 1.29 is 19.4 Å². The van der Waals surface area contributed by atoms with Gasteiger partial charge in [-0.2, -0.15) is 0 Å². The average molecular weight is 291 g/mol. The number of hydrogen-bond donors (Lipinski definition) is 1. The van der Waals surface area contributed by atoms with Crippen LogP contribution in [0.15, 0.2) is 30.3 Å². The molecular weight excluding hydrogens is 270 g/mol. The maximum absolute atomic E-state index is 12.1. The SMILES string of the molecule is O=C(O)CCCCC(=O)N1CCOC(c2ccccc2)C1. The van der Waals surface area contributed by atoms with Crippen LogP contribution < -0.4 is 0 Å². The van der Waals surface area contributed by atoms with Crippen LogP contribution in [0.25, 0.3) is 0 Å². The molecular formula is C16H21NO4. The lowest BCUT2D eigenvalue weighted by molar-refractivity contribution is -0.140. The largest absolute Gasteiger partial charge is 0.481 e. The van der Waals surface area contributed by atoms with Crippen molar-refractivity contribution in [3.8, 4) is 0 Å². The molecule has 0 aromatic heterocycles. The van der Waals surface area contributed by atoms with Crippen LogP contribution >= 0.6 is 0 Å². The Balaban J connectivity index is 1.80. The summed E-state index contributed by atoms with van der Waals surface area (Å²) in [4.78, 5) is 24.4. The van der Waals surface area contributed by atoms with Crippen LogP contribution in [0.3, 0.4) is 0 Å². The Morgan fingerprint density at radius 2 is 1.90 bits per heavy atom. The number of carbonyl (C=O) groups excluding carboxylic acids is 1. The standard InChI is InChI=1S/C16H21NO4/c18-15(8-4-5-9-16(19)20)17-10-11-21-14(12-17)13-6-2-1-3-7-13/h1-3,6-7,14H,4-5,8-12H2,(H,19,20). The number of unbranched alkanes of at least 4 members (excludes halogenated alkanes) is 1. The molecule has 1 atom stereocenters. The molecule has 5 nitrogen and oxygen atoms in total. The first-order valence-electron chi connectivity index (χ1n) is 7.33. The monoisotopic (exact) mass is 291 g/mol. The molecule has 2 rings (SSSR count). The van der Waals surface area contributed by atoms with E-state index in [9.17, 15) is 9.59 Å². The Bertz CT molecular complexity index is 474. The van der Waals surface area contributed by atoms with E-state index in [0.29, 0.717) is 39.0 Å². The van der Waals surface area contributed by atoms with Gasteiger partial charge in [-0.05, 0) is 18.4 Å². The molecule has 1 amide bonds.